The topological polar surface area (TPSA) is 0 Å². The van der Waals surface area contributed by atoms with Crippen LogP contribution in [0.4, 0.5) is 0 Å². The maximum atomic E-state index is 2.75. The number of rotatable bonds is 3. The Morgan fingerprint density at radius 1 is 0.750 bits per heavy atom. The molecule has 2 aliphatic rings. The van der Waals surface area contributed by atoms with Gasteiger partial charge in [0.25, 0.3) is 0 Å². The van der Waals surface area contributed by atoms with Gasteiger partial charge < -0.3 is 0 Å². The van der Waals surface area contributed by atoms with Gasteiger partial charge in [0.2, 0.25) is 0 Å². The summed E-state index contributed by atoms with van der Waals surface area (Å²) in [5.41, 5.74) is 0. The van der Waals surface area contributed by atoms with Crippen LogP contribution >= 0.6 is 0 Å². The minimum absolute atomic E-state index is 0.913. The van der Waals surface area contributed by atoms with Crippen molar-refractivity contribution in [3.05, 3.63) is 0 Å². The van der Waals surface area contributed by atoms with E-state index >= 15 is 0 Å². The molecule has 16 heavy (non-hydrogen) atoms. The summed E-state index contributed by atoms with van der Waals surface area (Å²) in [4.78, 5) is 0. The van der Waals surface area contributed by atoms with E-state index in [0.717, 1.165) is 23.5 Å². The van der Waals surface area contributed by atoms with Gasteiger partial charge in [-0.05, 0) is 11.8 Å². The Hall–Kier alpha value is 0.0649. The van der Waals surface area contributed by atoms with E-state index in [1.165, 1.54) is 57.8 Å². The van der Waals surface area contributed by atoms with Crippen molar-refractivity contribution in [2.24, 2.45) is 11.8 Å². The van der Waals surface area contributed by atoms with Crippen LogP contribution in [0.3, 0.4) is 0 Å². The molecule has 2 saturated carbocycles. The van der Waals surface area contributed by atoms with Crippen molar-refractivity contribution in [1.82, 2.24) is 0 Å². The first-order valence-corrected chi connectivity index (χ1v) is 7.60. The molecule has 0 aromatic rings. The second kappa shape index (κ2) is 6.12. The second-order valence-corrected chi connectivity index (χ2v) is 6.51. The maximum Gasteiger partial charge on any atom is 0.117 e. The molecular formula is C15H28B. The summed E-state index contributed by atoms with van der Waals surface area (Å²) in [6.45, 7) is 4.80. The molecule has 2 fully saturated rings. The SMILES string of the molecule is CC(C)C1CCC([B]C2CCCCC2)CC1. The van der Waals surface area contributed by atoms with Gasteiger partial charge in [-0.15, -0.1) is 0 Å². The molecule has 0 saturated heterocycles. The molecule has 0 N–H and O–H groups in total. The smallest absolute Gasteiger partial charge is 0.0686 e. The Labute approximate surface area is 103 Å². The lowest BCUT2D eigenvalue weighted by Crippen LogP contribution is -2.21. The van der Waals surface area contributed by atoms with E-state index in [0.29, 0.717) is 0 Å². The molecule has 2 rings (SSSR count). The number of hydrogen-bond donors (Lipinski definition) is 0. The van der Waals surface area contributed by atoms with Crippen molar-refractivity contribution < 1.29 is 0 Å². The molecule has 0 aromatic heterocycles. The average molecular weight is 219 g/mol. The molecule has 0 bridgehead atoms. The first-order chi connectivity index (χ1) is 7.75. The third kappa shape index (κ3) is 3.53. The van der Waals surface area contributed by atoms with Crippen LogP contribution in [0.5, 0.6) is 0 Å². The lowest BCUT2D eigenvalue weighted by molar-refractivity contribution is 0.277. The van der Waals surface area contributed by atoms with Gasteiger partial charge in [-0.2, -0.15) is 0 Å². The fraction of sp³-hybridized carbons (Fsp3) is 1.00. The minimum atomic E-state index is 0.913. The normalized spacial score (nSPS) is 32.9. The van der Waals surface area contributed by atoms with E-state index in [-0.39, 0.29) is 0 Å². The Bertz CT molecular complexity index is 186. The summed E-state index contributed by atoms with van der Waals surface area (Å²) in [5, 5.41) is 0. The van der Waals surface area contributed by atoms with Gasteiger partial charge in [0.05, 0.1) is 0 Å². The predicted molar refractivity (Wildman–Crippen MR) is 73.1 cm³/mol. The monoisotopic (exact) mass is 219 g/mol. The molecule has 1 heteroatoms. The highest BCUT2D eigenvalue weighted by atomic mass is 14.3. The molecule has 0 aromatic carbocycles. The van der Waals surface area contributed by atoms with Gasteiger partial charge in [0.1, 0.15) is 7.28 Å². The highest BCUT2D eigenvalue weighted by molar-refractivity contribution is 6.39. The first kappa shape index (κ1) is 12.5. The van der Waals surface area contributed by atoms with Gasteiger partial charge in [-0.25, -0.2) is 0 Å². The highest BCUT2D eigenvalue weighted by Gasteiger charge is 2.26. The molecule has 1 radical (unpaired) electrons. The summed E-state index contributed by atoms with van der Waals surface area (Å²) in [7, 11) is 2.75. The zero-order valence-corrected chi connectivity index (χ0v) is 11.3. The summed E-state index contributed by atoms with van der Waals surface area (Å²) < 4.78 is 0. The average Bonchev–Trinajstić information content (AvgIpc) is 2.31. The van der Waals surface area contributed by atoms with Crippen LogP contribution in [0.15, 0.2) is 0 Å². The van der Waals surface area contributed by atoms with Crippen molar-refractivity contribution in [1.29, 1.82) is 0 Å². The molecule has 2 aliphatic carbocycles. The van der Waals surface area contributed by atoms with Crippen LogP contribution in [0, 0.1) is 11.8 Å². The number of hydrogen-bond acceptors (Lipinski definition) is 0. The molecular weight excluding hydrogens is 191 g/mol. The maximum absolute atomic E-state index is 2.75. The van der Waals surface area contributed by atoms with Crippen molar-refractivity contribution in [2.45, 2.75) is 83.3 Å². The first-order valence-electron chi connectivity index (χ1n) is 7.60. The van der Waals surface area contributed by atoms with Crippen LogP contribution in [-0.2, 0) is 0 Å². The van der Waals surface area contributed by atoms with Gasteiger partial charge in [-0.3, -0.25) is 0 Å². The lowest BCUT2D eigenvalue weighted by atomic mass is 9.48. The third-order valence-electron chi connectivity index (χ3n) is 4.95. The molecule has 0 spiro atoms. The van der Waals surface area contributed by atoms with E-state index in [9.17, 15) is 0 Å². The Balaban J connectivity index is 1.68. The molecule has 0 atom stereocenters. The fourth-order valence-electron chi connectivity index (χ4n) is 3.72. The van der Waals surface area contributed by atoms with Crippen LogP contribution < -0.4 is 0 Å². The van der Waals surface area contributed by atoms with Crippen LogP contribution in [0.25, 0.3) is 0 Å². The second-order valence-electron chi connectivity index (χ2n) is 6.51. The molecule has 0 unspecified atom stereocenters. The van der Waals surface area contributed by atoms with Crippen molar-refractivity contribution >= 4 is 7.28 Å². The van der Waals surface area contributed by atoms with Crippen LogP contribution in [0.2, 0.25) is 11.6 Å². The lowest BCUT2D eigenvalue weighted by Gasteiger charge is -2.33. The van der Waals surface area contributed by atoms with Crippen molar-refractivity contribution in [3.8, 4) is 0 Å². The van der Waals surface area contributed by atoms with Gasteiger partial charge >= 0.3 is 0 Å². The van der Waals surface area contributed by atoms with Crippen LogP contribution in [0.1, 0.15) is 71.6 Å². The van der Waals surface area contributed by atoms with Gasteiger partial charge in [0.15, 0.2) is 0 Å². The Morgan fingerprint density at radius 2 is 1.31 bits per heavy atom. The molecule has 0 nitrogen and oxygen atoms in total. The zero-order valence-electron chi connectivity index (χ0n) is 11.3. The summed E-state index contributed by atoms with van der Waals surface area (Å²) in [6, 6.07) is 0. The molecule has 0 heterocycles. The van der Waals surface area contributed by atoms with E-state index in [1.807, 2.05) is 0 Å². The van der Waals surface area contributed by atoms with E-state index in [4.69, 9.17) is 0 Å². The Morgan fingerprint density at radius 3 is 1.88 bits per heavy atom. The predicted octanol–water partition coefficient (Wildman–Crippen LogP) is 5.08. The van der Waals surface area contributed by atoms with Crippen molar-refractivity contribution in [3.63, 3.8) is 0 Å². The van der Waals surface area contributed by atoms with E-state index in [1.54, 1.807) is 0 Å². The van der Waals surface area contributed by atoms with E-state index in [2.05, 4.69) is 21.1 Å². The molecule has 0 amide bonds. The third-order valence-corrected chi connectivity index (χ3v) is 4.95. The zero-order chi connectivity index (χ0) is 11.4. The molecule has 0 aliphatic heterocycles. The Kier molecular flexibility index (Phi) is 4.79. The highest BCUT2D eigenvalue weighted by Crippen LogP contribution is 2.39. The quantitative estimate of drug-likeness (QED) is 0.581. The molecule has 91 valence electrons. The van der Waals surface area contributed by atoms with Crippen molar-refractivity contribution in [2.75, 3.05) is 0 Å². The van der Waals surface area contributed by atoms with E-state index < -0.39 is 0 Å². The largest absolute Gasteiger partial charge is 0.117 e. The standard InChI is InChI=1S/C15H28B/c1-12(2)13-8-10-15(11-9-13)16-14-6-4-3-5-7-14/h12-15H,3-11H2,1-2H3. The summed E-state index contributed by atoms with van der Waals surface area (Å²) in [6.07, 6.45) is 13.4. The summed E-state index contributed by atoms with van der Waals surface area (Å²) >= 11 is 0. The minimum Gasteiger partial charge on any atom is -0.0686 e. The van der Waals surface area contributed by atoms with Crippen LogP contribution in [-0.4, -0.2) is 7.28 Å². The van der Waals surface area contributed by atoms with Gasteiger partial charge in [-0.1, -0.05) is 83.3 Å². The van der Waals surface area contributed by atoms with Gasteiger partial charge in [0, 0.05) is 0 Å². The summed E-state index contributed by atoms with van der Waals surface area (Å²) in [5.74, 6) is 3.89. The fourth-order valence-corrected chi connectivity index (χ4v) is 3.72.